The molecule has 0 radical (unpaired) electrons. The van der Waals surface area contributed by atoms with Crippen molar-refractivity contribution in [2.75, 3.05) is 0 Å². The summed E-state index contributed by atoms with van der Waals surface area (Å²) in [5, 5.41) is 2.86. The molecule has 1 saturated heterocycles. The average molecular weight is 354 g/mol. The Labute approximate surface area is 150 Å². The van der Waals surface area contributed by atoms with E-state index in [0.717, 1.165) is 11.1 Å². The van der Waals surface area contributed by atoms with Crippen molar-refractivity contribution >= 4 is 17.7 Å². The van der Waals surface area contributed by atoms with Gasteiger partial charge in [0.25, 0.3) is 5.91 Å². The van der Waals surface area contributed by atoms with Crippen molar-refractivity contribution in [3.05, 3.63) is 71.0 Å². The molecule has 134 valence electrons. The fraction of sp³-hybridized carbons (Fsp3) is 0.250. The van der Waals surface area contributed by atoms with Crippen LogP contribution in [0.2, 0.25) is 0 Å². The van der Waals surface area contributed by atoms with Crippen molar-refractivity contribution in [1.82, 2.24) is 10.2 Å². The first kappa shape index (κ1) is 17.8. The Hall–Kier alpha value is -3.02. The van der Waals surface area contributed by atoms with Gasteiger partial charge in [0.1, 0.15) is 5.82 Å². The summed E-state index contributed by atoms with van der Waals surface area (Å²) < 4.78 is 13.0. The predicted octanol–water partition coefficient (Wildman–Crippen LogP) is 2.97. The number of hydrogen-bond donors (Lipinski definition) is 1. The van der Waals surface area contributed by atoms with E-state index in [1.165, 1.54) is 17.0 Å². The molecule has 1 aliphatic rings. The van der Waals surface area contributed by atoms with Crippen LogP contribution in [0.5, 0.6) is 0 Å². The molecule has 2 aromatic rings. The Kier molecular flexibility index (Phi) is 5.11. The highest BCUT2D eigenvalue weighted by Gasteiger charge is 2.28. The molecular weight excluding hydrogens is 335 g/mol. The fourth-order valence-corrected chi connectivity index (χ4v) is 2.86. The molecule has 1 unspecified atom stereocenters. The van der Waals surface area contributed by atoms with Gasteiger partial charge in [-0.1, -0.05) is 24.3 Å². The number of benzene rings is 2. The van der Waals surface area contributed by atoms with Crippen LogP contribution in [0.15, 0.2) is 48.5 Å². The highest BCUT2D eigenvalue weighted by Crippen LogP contribution is 2.17. The minimum atomic E-state index is -0.321. The quantitative estimate of drug-likeness (QED) is 0.840. The maximum absolute atomic E-state index is 13.0. The Bertz CT molecular complexity index is 815. The first-order chi connectivity index (χ1) is 12.4. The van der Waals surface area contributed by atoms with E-state index in [2.05, 4.69) is 5.32 Å². The van der Waals surface area contributed by atoms with Gasteiger partial charge in [0.2, 0.25) is 11.8 Å². The highest BCUT2D eigenvalue weighted by molar-refractivity contribution is 6.01. The van der Waals surface area contributed by atoms with Crippen LogP contribution in [0.1, 0.15) is 47.3 Å². The van der Waals surface area contributed by atoms with Gasteiger partial charge >= 0.3 is 0 Å². The molecule has 1 aliphatic heterocycles. The van der Waals surface area contributed by atoms with Crippen LogP contribution in [0.4, 0.5) is 4.39 Å². The summed E-state index contributed by atoms with van der Waals surface area (Å²) >= 11 is 0. The first-order valence-corrected chi connectivity index (χ1v) is 8.42. The molecule has 6 heteroatoms. The van der Waals surface area contributed by atoms with Crippen molar-refractivity contribution < 1.29 is 18.8 Å². The van der Waals surface area contributed by atoms with Gasteiger partial charge in [-0.2, -0.15) is 0 Å². The molecule has 0 spiro atoms. The van der Waals surface area contributed by atoms with Crippen molar-refractivity contribution in [2.45, 2.75) is 32.4 Å². The van der Waals surface area contributed by atoms with Crippen LogP contribution in [0.25, 0.3) is 0 Å². The van der Waals surface area contributed by atoms with Gasteiger partial charge in [-0.15, -0.1) is 0 Å². The highest BCUT2D eigenvalue weighted by atomic mass is 19.1. The minimum Gasteiger partial charge on any atom is -0.346 e. The molecule has 0 saturated carbocycles. The lowest BCUT2D eigenvalue weighted by Crippen LogP contribution is -2.28. The van der Waals surface area contributed by atoms with Gasteiger partial charge in [-0.25, -0.2) is 4.39 Å². The van der Waals surface area contributed by atoms with E-state index in [0.29, 0.717) is 5.56 Å². The van der Waals surface area contributed by atoms with Crippen LogP contribution in [-0.4, -0.2) is 22.6 Å². The van der Waals surface area contributed by atoms with Crippen LogP contribution in [0, 0.1) is 5.82 Å². The zero-order valence-electron chi connectivity index (χ0n) is 14.4. The second-order valence-corrected chi connectivity index (χ2v) is 6.32. The maximum Gasteiger partial charge on any atom is 0.251 e. The Morgan fingerprint density at radius 3 is 2.19 bits per heavy atom. The summed E-state index contributed by atoms with van der Waals surface area (Å²) in [5.41, 5.74) is 2.07. The van der Waals surface area contributed by atoms with Gasteiger partial charge in [0.05, 0.1) is 12.6 Å². The summed E-state index contributed by atoms with van der Waals surface area (Å²) in [6, 6.07) is 12.5. The maximum atomic E-state index is 13.0. The number of imide groups is 1. The molecule has 2 aromatic carbocycles. The predicted molar refractivity (Wildman–Crippen MR) is 93.5 cm³/mol. The average Bonchev–Trinajstić information content (AvgIpc) is 2.94. The molecule has 1 N–H and O–H groups in total. The molecule has 3 amide bonds. The zero-order valence-corrected chi connectivity index (χ0v) is 14.4. The van der Waals surface area contributed by atoms with Gasteiger partial charge in [0.15, 0.2) is 0 Å². The normalized spacial score (nSPS) is 15.2. The van der Waals surface area contributed by atoms with Crippen molar-refractivity contribution in [3.8, 4) is 0 Å². The molecule has 0 bridgehead atoms. The number of hydrogen-bond acceptors (Lipinski definition) is 3. The topological polar surface area (TPSA) is 66.5 Å². The van der Waals surface area contributed by atoms with Crippen molar-refractivity contribution in [3.63, 3.8) is 0 Å². The van der Waals surface area contributed by atoms with Crippen molar-refractivity contribution in [1.29, 1.82) is 0 Å². The van der Waals surface area contributed by atoms with E-state index in [4.69, 9.17) is 0 Å². The molecule has 0 aromatic heterocycles. The molecular formula is C20H19FN2O3. The number of likely N-dealkylation sites (tertiary alicyclic amines) is 1. The van der Waals surface area contributed by atoms with Gasteiger partial charge in [0, 0.05) is 18.4 Å². The second-order valence-electron chi connectivity index (χ2n) is 6.32. The lowest BCUT2D eigenvalue weighted by molar-refractivity contribution is -0.139. The standard InChI is InChI=1S/C20H19FN2O3/c1-13(15-6-8-17(21)9-7-15)22-20(26)16-4-2-14(3-5-16)12-23-18(24)10-11-19(23)25/h2-9,13H,10-12H2,1H3,(H,22,26). The summed E-state index contributed by atoms with van der Waals surface area (Å²) in [4.78, 5) is 36.9. The summed E-state index contributed by atoms with van der Waals surface area (Å²) in [7, 11) is 0. The number of carbonyl (C=O) groups excluding carboxylic acids is 3. The Morgan fingerprint density at radius 1 is 1.04 bits per heavy atom. The van der Waals surface area contributed by atoms with Crippen LogP contribution >= 0.6 is 0 Å². The second kappa shape index (κ2) is 7.47. The van der Waals surface area contributed by atoms with Crippen LogP contribution in [0.3, 0.4) is 0 Å². The van der Waals surface area contributed by atoms with E-state index in [1.807, 2.05) is 6.92 Å². The number of carbonyl (C=O) groups is 3. The van der Waals surface area contributed by atoms with Gasteiger partial charge < -0.3 is 5.32 Å². The van der Waals surface area contributed by atoms with Crippen molar-refractivity contribution in [2.24, 2.45) is 0 Å². The van der Waals surface area contributed by atoms with Gasteiger partial charge in [-0.05, 0) is 42.3 Å². The van der Waals surface area contributed by atoms with E-state index < -0.39 is 0 Å². The van der Waals surface area contributed by atoms with Crippen LogP contribution in [-0.2, 0) is 16.1 Å². The molecule has 0 aliphatic carbocycles. The Balaban J connectivity index is 1.62. The number of nitrogens with zero attached hydrogens (tertiary/aromatic N) is 1. The number of amides is 3. The van der Waals surface area contributed by atoms with E-state index >= 15 is 0 Å². The molecule has 1 heterocycles. The monoisotopic (exact) mass is 354 g/mol. The largest absolute Gasteiger partial charge is 0.346 e. The number of rotatable bonds is 5. The Morgan fingerprint density at radius 2 is 1.62 bits per heavy atom. The molecule has 3 rings (SSSR count). The smallest absolute Gasteiger partial charge is 0.251 e. The summed E-state index contributed by atoms with van der Waals surface area (Å²) in [6.45, 7) is 2.05. The van der Waals surface area contributed by atoms with E-state index in [-0.39, 0.29) is 49.0 Å². The third-order valence-electron chi connectivity index (χ3n) is 4.43. The van der Waals surface area contributed by atoms with E-state index in [9.17, 15) is 18.8 Å². The third-order valence-corrected chi connectivity index (χ3v) is 4.43. The van der Waals surface area contributed by atoms with Gasteiger partial charge in [-0.3, -0.25) is 19.3 Å². The molecule has 1 fully saturated rings. The number of halogens is 1. The fourth-order valence-electron chi connectivity index (χ4n) is 2.86. The molecule has 26 heavy (non-hydrogen) atoms. The molecule has 5 nitrogen and oxygen atoms in total. The first-order valence-electron chi connectivity index (χ1n) is 8.42. The summed E-state index contributed by atoms with van der Waals surface area (Å²) in [5.74, 6) is -0.894. The number of nitrogens with one attached hydrogen (secondary N) is 1. The zero-order chi connectivity index (χ0) is 18.7. The molecule has 1 atom stereocenters. The lowest BCUT2D eigenvalue weighted by atomic mass is 10.1. The third kappa shape index (κ3) is 3.96. The lowest BCUT2D eigenvalue weighted by Gasteiger charge is -2.16. The van der Waals surface area contributed by atoms with E-state index in [1.54, 1.807) is 36.4 Å². The van der Waals surface area contributed by atoms with Crippen LogP contribution < -0.4 is 5.32 Å². The summed E-state index contributed by atoms with van der Waals surface area (Å²) in [6.07, 6.45) is 0.529. The SMILES string of the molecule is CC(NC(=O)c1ccc(CN2C(=O)CCC2=O)cc1)c1ccc(F)cc1. The minimum absolute atomic E-state index is 0.162.